The summed E-state index contributed by atoms with van der Waals surface area (Å²) in [7, 11) is 0. The van der Waals surface area contributed by atoms with E-state index in [9.17, 15) is 4.79 Å². The van der Waals surface area contributed by atoms with Crippen LogP contribution in [0.15, 0.2) is 48.7 Å². The predicted octanol–water partition coefficient (Wildman–Crippen LogP) is 3.35. The number of carbonyl (C=O) groups excluding carboxylic acids is 1. The zero-order valence-corrected chi connectivity index (χ0v) is 12.9. The summed E-state index contributed by atoms with van der Waals surface area (Å²) in [6.07, 6.45) is 4.17. The van der Waals surface area contributed by atoms with Crippen LogP contribution in [0.3, 0.4) is 0 Å². The van der Waals surface area contributed by atoms with Crippen molar-refractivity contribution >= 4 is 17.3 Å². The molecule has 1 fully saturated rings. The molecule has 1 aliphatic rings. The molecule has 1 amide bonds. The van der Waals surface area contributed by atoms with Gasteiger partial charge in [0.15, 0.2) is 0 Å². The summed E-state index contributed by atoms with van der Waals surface area (Å²) in [5, 5.41) is 0. The Kier molecular flexibility index (Phi) is 4.37. The first kappa shape index (κ1) is 14.6. The van der Waals surface area contributed by atoms with Crippen molar-refractivity contribution in [2.45, 2.75) is 19.8 Å². The molecular formula is C18H21N3O. The lowest BCUT2D eigenvalue weighted by atomic mass is 10.2. The van der Waals surface area contributed by atoms with E-state index in [-0.39, 0.29) is 5.91 Å². The second-order valence-electron chi connectivity index (χ2n) is 5.48. The topological polar surface area (TPSA) is 36.4 Å². The quantitative estimate of drug-likeness (QED) is 0.868. The highest BCUT2D eigenvalue weighted by Crippen LogP contribution is 2.22. The van der Waals surface area contributed by atoms with Crippen molar-refractivity contribution in [3.8, 4) is 0 Å². The van der Waals surface area contributed by atoms with Gasteiger partial charge in [0.2, 0.25) is 0 Å². The SMILES string of the molecule is CCN(C(=O)c1cc(N2CCCC2)ccn1)c1ccccc1. The van der Waals surface area contributed by atoms with Crippen molar-refractivity contribution in [3.05, 3.63) is 54.4 Å². The number of benzene rings is 1. The molecule has 2 heterocycles. The fraction of sp³-hybridized carbons (Fsp3) is 0.333. The van der Waals surface area contributed by atoms with E-state index in [1.807, 2.05) is 49.4 Å². The van der Waals surface area contributed by atoms with Gasteiger partial charge in [0, 0.05) is 37.2 Å². The molecule has 0 radical (unpaired) electrons. The third kappa shape index (κ3) is 2.96. The van der Waals surface area contributed by atoms with Crippen molar-refractivity contribution in [1.29, 1.82) is 0 Å². The average Bonchev–Trinajstić information content (AvgIpc) is 3.11. The highest BCUT2D eigenvalue weighted by atomic mass is 16.2. The van der Waals surface area contributed by atoms with E-state index >= 15 is 0 Å². The van der Waals surface area contributed by atoms with Crippen molar-refractivity contribution in [3.63, 3.8) is 0 Å². The van der Waals surface area contributed by atoms with Gasteiger partial charge < -0.3 is 9.80 Å². The van der Waals surface area contributed by atoms with Gasteiger partial charge in [-0.1, -0.05) is 18.2 Å². The van der Waals surface area contributed by atoms with Crippen LogP contribution in [0.2, 0.25) is 0 Å². The van der Waals surface area contributed by atoms with E-state index in [4.69, 9.17) is 0 Å². The van der Waals surface area contributed by atoms with Crippen LogP contribution in [0.1, 0.15) is 30.3 Å². The largest absolute Gasteiger partial charge is 0.371 e. The number of anilines is 2. The minimum atomic E-state index is -0.0465. The molecule has 2 aromatic rings. The maximum absolute atomic E-state index is 12.8. The molecule has 114 valence electrons. The number of hydrogen-bond donors (Lipinski definition) is 0. The third-order valence-electron chi connectivity index (χ3n) is 4.06. The lowest BCUT2D eigenvalue weighted by Gasteiger charge is -2.22. The van der Waals surface area contributed by atoms with Gasteiger partial charge in [-0.05, 0) is 44.0 Å². The molecule has 0 bridgehead atoms. The van der Waals surface area contributed by atoms with E-state index in [1.54, 1.807) is 11.1 Å². The number of hydrogen-bond acceptors (Lipinski definition) is 3. The van der Waals surface area contributed by atoms with Gasteiger partial charge >= 0.3 is 0 Å². The fourth-order valence-corrected chi connectivity index (χ4v) is 2.90. The summed E-state index contributed by atoms with van der Waals surface area (Å²) in [5.74, 6) is -0.0465. The highest BCUT2D eigenvalue weighted by Gasteiger charge is 2.19. The van der Waals surface area contributed by atoms with E-state index in [1.165, 1.54) is 12.8 Å². The molecule has 0 N–H and O–H groups in total. The molecule has 22 heavy (non-hydrogen) atoms. The highest BCUT2D eigenvalue weighted by molar-refractivity contribution is 6.05. The maximum atomic E-state index is 12.8. The molecule has 3 rings (SSSR count). The Bertz CT molecular complexity index is 636. The molecule has 0 aliphatic carbocycles. The smallest absolute Gasteiger partial charge is 0.276 e. The Morgan fingerprint density at radius 2 is 1.91 bits per heavy atom. The summed E-state index contributed by atoms with van der Waals surface area (Å²) in [6, 6.07) is 13.6. The van der Waals surface area contributed by atoms with Gasteiger partial charge in [-0.2, -0.15) is 0 Å². The van der Waals surface area contributed by atoms with E-state index in [0.29, 0.717) is 12.2 Å². The molecule has 0 spiro atoms. The second kappa shape index (κ2) is 6.60. The summed E-state index contributed by atoms with van der Waals surface area (Å²) in [6.45, 7) is 4.73. The monoisotopic (exact) mass is 295 g/mol. The third-order valence-corrected chi connectivity index (χ3v) is 4.06. The standard InChI is InChI=1S/C18H21N3O/c1-2-21(15-8-4-3-5-9-15)18(22)17-14-16(10-11-19-17)20-12-6-7-13-20/h3-5,8-11,14H,2,6-7,12-13H2,1H3. The molecule has 1 aromatic heterocycles. The van der Waals surface area contributed by atoms with Crippen LogP contribution in [0.5, 0.6) is 0 Å². The lowest BCUT2D eigenvalue weighted by molar-refractivity contribution is 0.0983. The lowest BCUT2D eigenvalue weighted by Crippen LogP contribution is -2.31. The average molecular weight is 295 g/mol. The predicted molar refractivity (Wildman–Crippen MR) is 89.5 cm³/mol. The van der Waals surface area contributed by atoms with Crippen LogP contribution in [-0.4, -0.2) is 30.5 Å². The van der Waals surface area contributed by atoms with Gasteiger partial charge in [-0.15, -0.1) is 0 Å². The van der Waals surface area contributed by atoms with Crippen LogP contribution in [0.25, 0.3) is 0 Å². The zero-order chi connectivity index (χ0) is 15.4. The normalized spacial score (nSPS) is 14.1. The van der Waals surface area contributed by atoms with Crippen LogP contribution >= 0.6 is 0 Å². The number of aromatic nitrogens is 1. The van der Waals surface area contributed by atoms with Gasteiger partial charge in [-0.3, -0.25) is 9.78 Å². The second-order valence-corrected chi connectivity index (χ2v) is 5.48. The number of nitrogens with zero attached hydrogens (tertiary/aromatic N) is 3. The van der Waals surface area contributed by atoms with E-state index < -0.39 is 0 Å². The van der Waals surface area contributed by atoms with Crippen LogP contribution in [0, 0.1) is 0 Å². The summed E-state index contributed by atoms with van der Waals surface area (Å²) in [4.78, 5) is 21.2. The summed E-state index contributed by atoms with van der Waals surface area (Å²) < 4.78 is 0. The molecule has 0 unspecified atom stereocenters. The van der Waals surface area contributed by atoms with Crippen molar-refractivity contribution < 1.29 is 4.79 Å². The fourth-order valence-electron chi connectivity index (χ4n) is 2.90. The number of pyridine rings is 1. The minimum Gasteiger partial charge on any atom is -0.371 e. The van der Waals surface area contributed by atoms with Crippen LogP contribution < -0.4 is 9.80 Å². The number of rotatable bonds is 4. The molecule has 1 aliphatic heterocycles. The Morgan fingerprint density at radius 3 is 2.59 bits per heavy atom. The minimum absolute atomic E-state index is 0.0465. The molecule has 4 nitrogen and oxygen atoms in total. The zero-order valence-electron chi connectivity index (χ0n) is 12.9. The molecule has 0 atom stereocenters. The first-order valence-corrected chi connectivity index (χ1v) is 7.87. The first-order chi connectivity index (χ1) is 10.8. The molecule has 1 aromatic carbocycles. The van der Waals surface area contributed by atoms with E-state index in [2.05, 4.69) is 9.88 Å². The summed E-state index contributed by atoms with van der Waals surface area (Å²) in [5.41, 5.74) is 2.51. The maximum Gasteiger partial charge on any atom is 0.276 e. The number of carbonyl (C=O) groups is 1. The van der Waals surface area contributed by atoms with Crippen molar-refractivity contribution in [2.75, 3.05) is 29.4 Å². The van der Waals surface area contributed by atoms with Gasteiger partial charge in [0.25, 0.3) is 5.91 Å². The van der Waals surface area contributed by atoms with Gasteiger partial charge in [0.1, 0.15) is 5.69 Å². The Morgan fingerprint density at radius 1 is 1.18 bits per heavy atom. The molecule has 4 heteroatoms. The van der Waals surface area contributed by atoms with Crippen molar-refractivity contribution in [1.82, 2.24) is 4.98 Å². The Balaban J connectivity index is 1.86. The molecule has 1 saturated heterocycles. The number of para-hydroxylation sites is 1. The molecular weight excluding hydrogens is 274 g/mol. The van der Waals surface area contributed by atoms with Gasteiger partial charge in [-0.25, -0.2) is 0 Å². The molecule has 0 saturated carbocycles. The Labute approximate surface area is 131 Å². The summed E-state index contributed by atoms with van der Waals surface area (Å²) >= 11 is 0. The van der Waals surface area contributed by atoms with Gasteiger partial charge in [0.05, 0.1) is 0 Å². The first-order valence-electron chi connectivity index (χ1n) is 7.87. The Hall–Kier alpha value is -2.36. The van der Waals surface area contributed by atoms with Crippen LogP contribution in [0.4, 0.5) is 11.4 Å². The van der Waals surface area contributed by atoms with Crippen molar-refractivity contribution in [2.24, 2.45) is 0 Å². The van der Waals surface area contributed by atoms with Crippen LogP contribution in [-0.2, 0) is 0 Å². The van der Waals surface area contributed by atoms with E-state index in [0.717, 1.165) is 24.5 Å². The number of amides is 1.